The number of hydrogen-bond donors (Lipinski definition) is 2. The van der Waals surface area contributed by atoms with Gasteiger partial charge in [-0.05, 0) is 37.0 Å². The average Bonchev–Trinajstić information content (AvgIpc) is 3.32. The van der Waals surface area contributed by atoms with Crippen molar-refractivity contribution in [2.45, 2.75) is 31.8 Å². The zero-order chi connectivity index (χ0) is 17.5. The van der Waals surface area contributed by atoms with Gasteiger partial charge in [0.15, 0.2) is 0 Å². The van der Waals surface area contributed by atoms with Crippen molar-refractivity contribution in [3.8, 4) is 0 Å². The number of piperidine rings is 1. The van der Waals surface area contributed by atoms with Crippen LogP contribution in [0.2, 0.25) is 5.02 Å². The molecule has 0 radical (unpaired) electrons. The first kappa shape index (κ1) is 17.2. The molecule has 1 aliphatic carbocycles. The maximum atomic E-state index is 13.2. The van der Waals surface area contributed by atoms with E-state index in [0.29, 0.717) is 12.3 Å². The monoisotopic (exact) mass is 355 g/mol. The van der Waals surface area contributed by atoms with E-state index in [1.54, 1.807) is 0 Å². The maximum Gasteiger partial charge on any atom is 0.314 e. The smallest absolute Gasteiger partial charge is 0.314 e. The number of aliphatic carboxylic acids is 1. The molecule has 130 valence electrons. The number of amides is 1. The van der Waals surface area contributed by atoms with Gasteiger partial charge >= 0.3 is 5.97 Å². The van der Waals surface area contributed by atoms with Crippen LogP contribution in [0.1, 0.15) is 36.0 Å². The molecule has 0 aromatic heterocycles. The van der Waals surface area contributed by atoms with E-state index in [-0.39, 0.29) is 30.1 Å². The van der Waals surface area contributed by atoms with Crippen LogP contribution in [-0.4, -0.2) is 46.2 Å². The Morgan fingerprint density at radius 2 is 2.04 bits per heavy atom. The number of halogens is 2. The number of nitrogens with zero attached hydrogens (tertiary/aromatic N) is 1. The minimum absolute atomic E-state index is 0.00533. The highest BCUT2D eigenvalue weighted by Gasteiger charge is 2.52. The van der Waals surface area contributed by atoms with Crippen molar-refractivity contribution in [2.75, 3.05) is 13.1 Å². The zero-order valence-corrected chi connectivity index (χ0v) is 13.8. The first-order valence-electron chi connectivity index (χ1n) is 7.99. The SMILES string of the molecule is O=C(c1ccc(F)cc1Cl)N1CC[C@@H](O)[C@](CC2CC2)(C(=O)O)C1. The Morgan fingerprint density at radius 1 is 1.33 bits per heavy atom. The maximum absolute atomic E-state index is 13.2. The van der Waals surface area contributed by atoms with Crippen LogP contribution >= 0.6 is 11.6 Å². The minimum atomic E-state index is -1.35. The lowest BCUT2D eigenvalue weighted by atomic mass is 9.73. The Labute approximate surface area is 144 Å². The molecule has 7 heteroatoms. The van der Waals surface area contributed by atoms with E-state index in [2.05, 4.69) is 0 Å². The number of aliphatic hydroxyl groups is 1. The van der Waals surface area contributed by atoms with Gasteiger partial charge in [-0.15, -0.1) is 0 Å². The predicted molar refractivity (Wildman–Crippen MR) is 85.3 cm³/mol. The Kier molecular flexibility index (Phi) is 4.53. The highest BCUT2D eigenvalue weighted by atomic mass is 35.5. The predicted octanol–water partition coefficient (Wildman–Crippen LogP) is 2.56. The lowest BCUT2D eigenvalue weighted by molar-refractivity contribution is -0.163. The van der Waals surface area contributed by atoms with Gasteiger partial charge in [-0.3, -0.25) is 9.59 Å². The van der Waals surface area contributed by atoms with Gasteiger partial charge in [-0.1, -0.05) is 24.4 Å². The molecule has 1 saturated heterocycles. The van der Waals surface area contributed by atoms with Crippen molar-refractivity contribution in [2.24, 2.45) is 11.3 Å². The number of carbonyl (C=O) groups excluding carboxylic acids is 1. The molecule has 2 aliphatic rings. The molecule has 24 heavy (non-hydrogen) atoms. The lowest BCUT2D eigenvalue weighted by Gasteiger charge is -2.43. The molecule has 1 aromatic carbocycles. The molecule has 2 N–H and O–H groups in total. The summed E-state index contributed by atoms with van der Waals surface area (Å²) < 4.78 is 13.2. The number of carboxylic acid groups (broad SMARTS) is 1. The molecule has 1 aliphatic heterocycles. The fraction of sp³-hybridized carbons (Fsp3) is 0.529. The van der Waals surface area contributed by atoms with Crippen LogP contribution in [0.3, 0.4) is 0 Å². The van der Waals surface area contributed by atoms with Crippen molar-refractivity contribution in [1.82, 2.24) is 4.90 Å². The normalized spacial score (nSPS) is 27.1. The Balaban J connectivity index is 1.86. The Hall–Kier alpha value is -1.66. The highest BCUT2D eigenvalue weighted by molar-refractivity contribution is 6.33. The van der Waals surface area contributed by atoms with Gasteiger partial charge < -0.3 is 15.1 Å². The lowest BCUT2D eigenvalue weighted by Crippen LogP contribution is -2.57. The molecular formula is C17H19ClFNO4. The second-order valence-corrected chi connectivity index (χ2v) is 7.17. The number of benzene rings is 1. The summed E-state index contributed by atoms with van der Waals surface area (Å²) >= 11 is 5.95. The van der Waals surface area contributed by atoms with Gasteiger partial charge in [-0.25, -0.2) is 4.39 Å². The molecule has 0 unspecified atom stereocenters. The molecule has 1 heterocycles. The molecule has 2 fully saturated rings. The van der Waals surface area contributed by atoms with E-state index >= 15 is 0 Å². The molecule has 2 atom stereocenters. The minimum Gasteiger partial charge on any atom is -0.481 e. The van der Waals surface area contributed by atoms with Crippen LogP contribution in [-0.2, 0) is 4.79 Å². The molecule has 0 bridgehead atoms. The number of likely N-dealkylation sites (tertiary alicyclic amines) is 1. The van der Waals surface area contributed by atoms with E-state index in [1.165, 1.54) is 11.0 Å². The molecule has 1 aromatic rings. The Morgan fingerprint density at radius 3 is 2.62 bits per heavy atom. The largest absolute Gasteiger partial charge is 0.481 e. The molecule has 1 saturated carbocycles. The van der Waals surface area contributed by atoms with Crippen LogP contribution in [0.5, 0.6) is 0 Å². The average molecular weight is 356 g/mol. The number of carboxylic acids is 1. The Bertz CT molecular complexity index is 679. The summed E-state index contributed by atoms with van der Waals surface area (Å²) in [4.78, 5) is 26.0. The summed E-state index contributed by atoms with van der Waals surface area (Å²) in [6.45, 7) is 0.180. The molecule has 1 amide bonds. The van der Waals surface area contributed by atoms with Crippen molar-refractivity contribution in [3.63, 3.8) is 0 Å². The fourth-order valence-corrected chi connectivity index (χ4v) is 3.67. The third-order valence-corrected chi connectivity index (χ3v) is 5.32. The first-order chi connectivity index (χ1) is 11.3. The van der Waals surface area contributed by atoms with Crippen LogP contribution in [0.4, 0.5) is 4.39 Å². The number of aliphatic hydroxyl groups excluding tert-OH is 1. The number of carbonyl (C=O) groups is 2. The fourth-order valence-electron chi connectivity index (χ4n) is 3.42. The van der Waals surface area contributed by atoms with Gasteiger partial charge in [-0.2, -0.15) is 0 Å². The van der Waals surface area contributed by atoms with E-state index in [0.717, 1.165) is 25.0 Å². The van der Waals surface area contributed by atoms with Gasteiger partial charge in [0.1, 0.15) is 11.2 Å². The van der Waals surface area contributed by atoms with Gasteiger partial charge in [0, 0.05) is 13.1 Å². The quantitative estimate of drug-likeness (QED) is 0.870. The van der Waals surface area contributed by atoms with Gasteiger partial charge in [0.25, 0.3) is 5.91 Å². The van der Waals surface area contributed by atoms with Crippen LogP contribution < -0.4 is 0 Å². The van der Waals surface area contributed by atoms with E-state index < -0.39 is 29.2 Å². The molecule has 5 nitrogen and oxygen atoms in total. The van der Waals surface area contributed by atoms with Crippen LogP contribution in [0.25, 0.3) is 0 Å². The summed E-state index contributed by atoms with van der Waals surface area (Å²) in [7, 11) is 0. The summed E-state index contributed by atoms with van der Waals surface area (Å²) in [6.07, 6.45) is 1.50. The first-order valence-corrected chi connectivity index (χ1v) is 8.37. The summed E-state index contributed by atoms with van der Waals surface area (Å²) in [5.74, 6) is -1.77. The molecule has 3 rings (SSSR count). The number of hydrogen-bond acceptors (Lipinski definition) is 3. The van der Waals surface area contributed by atoms with Crippen molar-refractivity contribution >= 4 is 23.5 Å². The summed E-state index contributed by atoms with van der Waals surface area (Å²) in [5.41, 5.74) is -1.21. The van der Waals surface area contributed by atoms with Crippen molar-refractivity contribution < 1.29 is 24.2 Å². The summed E-state index contributed by atoms with van der Waals surface area (Å²) in [6, 6.07) is 3.50. The zero-order valence-electron chi connectivity index (χ0n) is 13.0. The molecular weight excluding hydrogens is 337 g/mol. The van der Waals surface area contributed by atoms with Gasteiger partial charge in [0.2, 0.25) is 0 Å². The highest BCUT2D eigenvalue weighted by Crippen LogP contribution is 2.45. The van der Waals surface area contributed by atoms with Crippen molar-refractivity contribution in [3.05, 3.63) is 34.6 Å². The van der Waals surface area contributed by atoms with E-state index in [9.17, 15) is 24.2 Å². The third kappa shape index (κ3) is 3.13. The number of rotatable bonds is 4. The van der Waals surface area contributed by atoms with E-state index in [1.807, 2.05) is 0 Å². The third-order valence-electron chi connectivity index (χ3n) is 5.01. The topological polar surface area (TPSA) is 77.8 Å². The van der Waals surface area contributed by atoms with Gasteiger partial charge in [0.05, 0.1) is 16.7 Å². The standard InChI is InChI=1S/C17H19ClFNO4/c18-13-7-11(19)3-4-12(13)15(22)20-6-5-14(21)17(9-20,16(23)24)8-10-1-2-10/h3-4,7,10,14,21H,1-2,5-6,8-9H2,(H,23,24)/t14-,17-/m1/s1. The van der Waals surface area contributed by atoms with Crippen molar-refractivity contribution in [1.29, 1.82) is 0 Å². The van der Waals surface area contributed by atoms with Crippen LogP contribution in [0.15, 0.2) is 18.2 Å². The molecule has 0 spiro atoms. The summed E-state index contributed by atoms with van der Waals surface area (Å²) in [5, 5.41) is 20.1. The second-order valence-electron chi connectivity index (χ2n) is 6.76. The second kappa shape index (κ2) is 6.33. The van der Waals surface area contributed by atoms with Crippen LogP contribution in [0, 0.1) is 17.2 Å². The van der Waals surface area contributed by atoms with E-state index in [4.69, 9.17) is 11.6 Å².